The number of ether oxygens (including phenoxy) is 2. The van der Waals surface area contributed by atoms with Crippen molar-refractivity contribution >= 4 is 12.0 Å². The lowest BCUT2D eigenvalue weighted by atomic mass is 10.2. The molecule has 26 heavy (non-hydrogen) atoms. The summed E-state index contributed by atoms with van der Waals surface area (Å²) in [6.45, 7) is 10.8. The third-order valence-electron chi connectivity index (χ3n) is 4.65. The quantitative estimate of drug-likeness (QED) is 0.810. The number of carbonyl (C=O) groups is 2. The van der Waals surface area contributed by atoms with E-state index in [1.54, 1.807) is 22.9 Å². The van der Waals surface area contributed by atoms with Crippen molar-refractivity contribution in [1.29, 1.82) is 0 Å². The number of aromatic nitrogens is 1. The molecule has 0 aliphatic carbocycles. The van der Waals surface area contributed by atoms with E-state index in [0.29, 0.717) is 25.4 Å². The molecule has 1 saturated heterocycles. The zero-order valence-electron chi connectivity index (χ0n) is 16.1. The van der Waals surface area contributed by atoms with Gasteiger partial charge in [0.25, 0.3) is 0 Å². The summed E-state index contributed by atoms with van der Waals surface area (Å²) in [6, 6.07) is 2.01. The first-order valence-corrected chi connectivity index (χ1v) is 9.02. The van der Waals surface area contributed by atoms with E-state index in [0.717, 1.165) is 17.7 Å². The molecule has 3 rings (SSSR count). The summed E-state index contributed by atoms with van der Waals surface area (Å²) in [5, 5.41) is 0. The first-order valence-electron chi connectivity index (χ1n) is 9.02. The standard InChI is InChI=1S/C19H27N3O4/c1-12-6-16(10-22(12)18(24)26-19(3,4)5)25-15-7-14-9-21(13(2)23)11-17(14)20-8-15/h7-8,12,16H,6,9-11H2,1-5H3/t12-,16?/m1/s1. The Hall–Kier alpha value is -2.31. The van der Waals surface area contributed by atoms with Crippen molar-refractivity contribution in [3.05, 3.63) is 23.5 Å². The van der Waals surface area contributed by atoms with E-state index in [2.05, 4.69) is 4.98 Å². The summed E-state index contributed by atoms with van der Waals surface area (Å²) in [7, 11) is 0. The first kappa shape index (κ1) is 18.5. The van der Waals surface area contributed by atoms with Crippen LogP contribution >= 0.6 is 0 Å². The minimum atomic E-state index is -0.512. The zero-order valence-corrected chi connectivity index (χ0v) is 16.1. The van der Waals surface area contributed by atoms with Crippen LogP contribution in [0.3, 0.4) is 0 Å². The van der Waals surface area contributed by atoms with Gasteiger partial charge in [-0.2, -0.15) is 0 Å². The summed E-state index contributed by atoms with van der Waals surface area (Å²) in [6.07, 6.45) is 2.04. The monoisotopic (exact) mass is 361 g/mol. The summed E-state index contributed by atoms with van der Waals surface area (Å²) < 4.78 is 11.5. The van der Waals surface area contributed by atoms with Gasteiger partial charge in [-0.3, -0.25) is 9.78 Å². The molecule has 7 nitrogen and oxygen atoms in total. The topological polar surface area (TPSA) is 72.0 Å². The Labute approximate surface area is 154 Å². The number of amides is 2. The Kier molecular flexibility index (Phi) is 4.82. The lowest BCUT2D eigenvalue weighted by molar-refractivity contribution is -0.129. The molecule has 2 aliphatic rings. The molecular weight excluding hydrogens is 334 g/mol. The minimum Gasteiger partial charge on any atom is -0.487 e. The molecule has 0 saturated carbocycles. The van der Waals surface area contributed by atoms with Crippen molar-refractivity contribution in [3.63, 3.8) is 0 Å². The largest absolute Gasteiger partial charge is 0.487 e. The zero-order chi connectivity index (χ0) is 19.1. The second-order valence-electron chi connectivity index (χ2n) is 8.11. The number of fused-ring (bicyclic) bond motifs is 1. The van der Waals surface area contributed by atoms with Gasteiger partial charge in [-0.25, -0.2) is 4.79 Å². The number of likely N-dealkylation sites (tertiary alicyclic amines) is 1. The Morgan fingerprint density at radius 3 is 2.65 bits per heavy atom. The maximum absolute atomic E-state index is 12.3. The highest BCUT2D eigenvalue weighted by atomic mass is 16.6. The van der Waals surface area contributed by atoms with E-state index >= 15 is 0 Å². The lowest BCUT2D eigenvalue weighted by Crippen LogP contribution is -2.39. The Morgan fingerprint density at radius 2 is 2.00 bits per heavy atom. The molecule has 1 fully saturated rings. The molecule has 0 N–H and O–H groups in total. The molecule has 2 atom stereocenters. The van der Waals surface area contributed by atoms with Crippen molar-refractivity contribution in [1.82, 2.24) is 14.8 Å². The molecule has 1 aromatic rings. The van der Waals surface area contributed by atoms with Gasteiger partial charge < -0.3 is 19.3 Å². The average Bonchev–Trinajstić information content (AvgIpc) is 3.08. The highest BCUT2D eigenvalue weighted by molar-refractivity contribution is 5.74. The maximum Gasteiger partial charge on any atom is 0.410 e. The van der Waals surface area contributed by atoms with Crippen molar-refractivity contribution in [2.45, 2.75) is 71.9 Å². The fraction of sp³-hybridized carbons (Fsp3) is 0.632. The van der Waals surface area contributed by atoms with Gasteiger partial charge in [-0.1, -0.05) is 0 Å². The van der Waals surface area contributed by atoms with E-state index in [1.807, 2.05) is 33.8 Å². The molecule has 3 heterocycles. The average molecular weight is 361 g/mol. The molecule has 2 amide bonds. The molecule has 0 spiro atoms. The van der Waals surface area contributed by atoms with Gasteiger partial charge in [0, 0.05) is 25.9 Å². The summed E-state index contributed by atoms with van der Waals surface area (Å²) in [4.78, 5) is 31.8. The van der Waals surface area contributed by atoms with E-state index in [9.17, 15) is 9.59 Å². The van der Waals surface area contributed by atoms with Gasteiger partial charge in [0.2, 0.25) is 5.91 Å². The van der Waals surface area contributed by atoms with Crippen LogP contribution in [0.15, 0.2) is 12.3 Å². The number of rotatable bonds is 2. The number of hydrogen-bond donors (Lipinski definition) is 0. The minimum absolute atomic E-state index is 0.0445. The van der Waals surface area contributed by atoms with Gasteiger partial charge in [0.1, 0.15) is 17.5 Å². The summed E-state index contributed by atoms with van der Waals surface area (Å²) >= 11 is 0. The van der Waals surface area contributed by atoms with Crippen LogP contribution in [0, 0.1) is 0 Å². The van der Waals surface area contributed by atoms with Crippen molar-refractivity contribution < 1.29 is 19.1 Å². The molecule has 142 valence electrons. The second-order valence-corrected chi connectivity index (χ2v) is 8.11. The summed E-state index contributed by atoms with van der Waals surface area (Å²) in [5.74, 6) is 0.723. The molecule has 0 aromatic carbocycles. The Balaban J connectivity index is 1.62. The van der Waals surface area contributed by atoms with Crippen molar-refractivity contribution in [2.24, 2.45) is 0 Å². The third-order valence-corrected chi connectivity index (χ3v) is 4.65. The van der Waals surface area contributed by atoms with Gasteiger partial charge in [0.15, 0.2) is 0 Å². The lowest BCUT2D eigenvalue weighted by Gasteiger charge is -2.26. The van der Waals surface area contributed by atoms with Crippen LogP contribution in [0.4, 0.5) is 4.79 Å². The van der Waals surface area contributed by atoms with Crippen LogP contribution in [0.5, 0.6) is 5.75 Å². The Bertz CT molecular complexity index is 713. The molecule has 1 unspecified atom stereocenters. The number of nitrogens with zero attached hydrogens (tertiary/aromatic N) is 3. The van der Waals surface area contributed by atoms with Crippen LogP contribution in [0.25, 0.3) is 0 Å². The molecular formula is C19H27N3O4. The smallest absolute Gasteiger partial charge is 0.410 e. The number of carbonyl (C=O) groups excluding carboxylic acids is 2. The van der Waals surface area contributed by atoms with E-state index in [1.165, 1.54) is 0 Å². The van der Waals surface area contributed by atoms with Crippen molar-refractivity contribution in [2.75, 3.05) is 6.54 Å². The molecule has 7 heteroatoms. The van der Waals surface area contributed by atoms with Crippen molar-refractivity contribution in [3.8, 4) is 5.75 Å². The maximum atomic E-state index is 12.3. The highest BCUT2D eigenvalue weighted by Gasteiger charge is 2.36. The second kappa shape index (κ2) is 6.78. The normalized spacial score (nSPS) is 22.3. The number of pyridine rings is 1. The summed E-state index contributed by atoms with van der Waals surface area (Å²) in [5.41, 5.74) is 1.43. The van der Waals surface area contributed by atoms with Crippen LogP contribution in [0.2, 0.25) is 0 Å². The van der Waals surface area contributed by atoms with Gasteiger partial charge >= 0.3 is 6.09 Å². The first-order chi connectivity index (χ1) is 12.1. The molecule has 1 aromatic heterocycles. The van der Waals surface area contributed by atoms with Gasteiger partial charge in [0.05, 0.1) is 25.0 Å². The Morgan fingerprint density at radius 1 is 1.27 bits per heavy atom. The van der Waals surface area contributed by atoms with E-state index < -0.39 is 5.60 Å². The molecule has 0 bridgehead atoms. The fourth-order valence-corrected chi connectivity index (χ4v) is 3.36. The predicted molar refractivity (Wildman–Crippen MR) is 95.6 cm³/mol. The number of hydrogen-bond acceptors (Lipinski definition) is 5. The van der Waals surface area contributed by atoms with E-state index in [-0.39, 0.29) is 24.1 Å². The molecule has 0 radical (unpaired) electrons. The van der Waals surface area contributed by atoms with Gasteiger partial charge in [-0.05, 0) is 39.3 Å². The highest BCUT2D eigenvalue weighted by Crippen LogP contribution is 2.28. The van der Waals surface area contributed by atoms with Crippen LogP contribution in [-0.2, 0) is 22.6 Å². The van der Waals surface area contributed by atoms with Gasteiger partial charge in [-0.15, -0.1) is 0 Å². The fourth-order valence-electron chi connectivity index (χ4n) is 3.36. The van der Waals surface area contributed by atoms with Crippen LogP contribution in [-0.4, -0.2) is 51.1 Å². The molecule has 2 aliphatic heterocycles. The van der Waals surface area contributed by atoms with Crippen LogP contribution in [0.1, 0.15) is 52.3 Å². The predicted octanol–water partition coefficient (Wildman–Crippen LogP) is 2.72. The SMILES string of the molecule is CC(=O)N1Cc2cc(OC3C[C@@H](C)N(C(=O)OC(C)(C)C)C3)cnc2C1. The van der Waals surface area contributed by atoms with E-state index in [4.69, 9.17) is 9.47 Å². The third kappa shape index (κ3) is 4.08. The van der Waals surface area contributed by atoms with Crippen LogP contribution < -0.4 is 4.74 Å².